The molecule has 0 saturated heterocycles. The maximum Gasteiger partial charge on any atom is 0.404 e. The standard InChI is InChI=1S/C10H12FN3O3/c11-7-3-1-2-6(8(7)12)9(15)14-4-5-17-10(13)16/h1-3H,4-5,12H2,(H2,13,16)(H,14,15). The topological polar surface area (TPSA) is 107 Å². The van der Waals surface area contributed by atoms with Crippen LogP contribution in [0.5, 0.6) is 0 Å². The van der Waals surface area contributed by atoms with Gasteiger partial charge in [0.15, 0.2) is 0 Å². The lowest BCUT2D eigenvalue weighted by Crippen LogP contribution is -2.29. The Morgan fingerprint density at radius 3 is 2.76 bits per heavy atom. The average Bonchev–Trinajstić information content (AvgIpc) is 2.27. The van der Waals surface area contributed by atoms with Gasteiger partial charge >= 0.3 is 6.09 Å². The van der Waals surface area contributed by atoms with Gasteiger partial charge in [0.1, 0.15) is 12.4 Å². The fourth-order valence-electron chi connectivity index (χ4n) is 1.15. The zero-order valence-corrected chi connectivity index (χ0v) is 8.90. The second kappa shape index (κ2) is 5.69. The first-order valence-corrected chi connectivity index (χ1v) is 4.76. The first kappa shape index (κ1) is 12.8. The van der Waals surface area contributed by atoms with Crippen LogP contribution in [0, 0.1) is 5.82 Å². The van der Waals surface area contributed by atoms with Gasteiger partial charge in [0, 0.05) is 0 Å². The highest BCUT2D eigenvalue weighted by Gasteiger charge is 2.11. The third kappa shape index (κ3) is 3.63. The predicted molar refractivity (Wildman–Crippen MR) is 58.7 cm³/mol. The van der Waals surface area contributed by atoms with Crippen molar-refractivity contribution in [2.45, 2.75) is 0 Å². The molecule has 6 nitrogen and oxygen atoms in total. The molecular weight excluding hydrogens is 229 g/mol. The van der Waals surface area contributed by atoms with Gasteiger partial charge in [0.2, 0.25) is 0 Å². The van der Waals surface area contributed by atoms with Crippen LogP contribution in [0.2, 0.25) is 0 Å². The van der Waals surface area contributed by atoms with Gasteiger partial charge in [0.05, 0.1) is 17.8 Å². The molecule has 17 heavy (non-hydrogen) atoms. The van der Waals surface area contributed by atoms with E-state index in [1.54, 1.807) is 0 Å². The fraction of sp³-hybridized carbons (Fsp3) is 0.200. The number of carbonyl (C=O) groups excluding carboxylic acids is 2. The second-order valence-corrected chi connectivity index (χ2v) is 3.12. The number of benzene rings is 1. The van der Waals surface area contributed by atoms with Crippen molar-refractivity contribution in [2.24, 2.45) is 5.73 Å². The smallest absolute Gasteiger partial charge is 0.404 e. The fourth-order valence-corrected chi connectivity index (χ4v) is 1.15. The van der Waals surface area contributed by atoms with E-state index in [-0.39, 0.29) is 24.4 Å². The molecule has 0 radical (unpaired) electrons. The number of hydrogen-bond acceptors (Lipinski definition) is 4. The Balaban J connectivity index is 2.53. The van der Waals surface area contributed by atoms with Crippen LogP contribution >= 0.6 is 0 Å². The van der Waals surface area contributed by atoms with E-state index >= 15 is 0 Å². The van der Waals surface area contributed by atoms with Gasteiger partial charge in [-0.3, -0.25) is 4.79 Å². The summed E-state index contributed by atoms with van der Waals surface area (Å²) in [6, 6.07) is 3.92. The Bertz CT molecular complexity index is 437. The van der Waals surface area contributed by atoms with E-state index in [4.69, 9.17) is 11.5 Å². The summed E-state index contributed by atoms with van der Waals surface area (Å²) < 4.78 is 17.4. The van der Waals surface area contributed by atoms with E-state index in [9.17, 15) is 14.0 Å². The normalized spacial score (nSPS) is 9.71. The summed E-state index contributed by atoms with van der Waals surface area (Å²) in [5, 5.41) is 2.40. The van der Waals surface area contributed by atoms with Crippen molar-refractivity contribution in [3.05, 3.63) is 29.6 Å². The molecule has 0 bridgehead atoms. The molecule has 7 heteroatoms. The number of halogens is 1. The Morgan fingerprint density at radius 1 is 1.41 bits per heavy atom. The van der Waals surface area contributed by atoms with E-state index in [2.05, 4.69) is 10.1 Å². The van der Waals surface area contributed by atoms with Crippen molar-refractivity contribution >= 4 is 17.7 Å². The van der Waals surface area contributed by atoms with E-state index < -0.39 is 17.8 Å². The molecule has 2 amide bonds. The van der Waals surface area contributed by atoms with Crippen LogP contribution in [-0.2, 0) is 4.74 Å². The lowest BCUT2D eigenvalue weighted by molar-refractivity contribution is 0.0937. The molecule has 1 aromatic carbocycles. The molecule has 5 N–H and O–H groups in total. The molecule has 0 aliphatic carbocycles. The summed E-state index contributed by atoms with van der Waals surface area (Å²) in [5.41, 5.74) is 9.93. The number of rotatable bonds is 4. The molecule has 0 spiro atoms. The molecule has 1 aromatic rings. The van der Waals surface area contributed by atoms with Crippen molar-refractivity contribution in [3.63, 3.8) is 0 Å². The van der Waals surface area contributed by atoms with Crippen LogP contribution in [0.4, 0.5) is 14.9 Å². The number of hydrogen-bond donors (Lipinski definition) is 3. The van der Waals surface area contributed by atoms with Gasteiger partial charge in [-0.2, -0.15) is 0 Å². The zero-order valence-electron chi connectivity index (χ0n) is 8.90. The summed E-state index contributed by atoms with van der Waals surface area (Å²) in [4.78, 5) is 21.8. The Kier molecular flexibility index (Phi) is 4.27. The SMILES string of the molecule is NC(=O)OCCNC(=O)c1cccc(F)c1N. The van der Waals surface area contributed by atoms with Crippen LogP contribution in [0.3, 0.4) is 0 Å². The number of ether oxygens (including phenoxy) is 1. The minimum absolute atomic E-state index is 0.0316. The minimum Gasteiger partial charge on any atom is -0.448 e. The van der Waals surface area contributed by atoms with E-state index in [1.807, 2.05) is 0 Å². The molecular formula is C10H12FN3O3. The van der Waals surface area contributed by atoms with Crippen molar-refractivity contribution in [1.29, 1.82) is 0 Å². The third-order valence-electron chi connectivity index (χ3n) is 1.93. The lowest BCUT2D eigenvalue weighted by atomic mass is 10.1. The van der Waals surface area contributed by atoms with Crippen LogP contribution in [0.1, 0.15) is 10.4 Å². The summed E-state index contributed by atoms with van der Waals surface area (Å²) >= 11 is 0. The van der Waals surface area contributed by atoms with Gasteiger partial charge in [-0.1, -0.05) is 6.07 Å². The molecule has 0 saturated carbocycles. The van der Waals surface area contributed by atoms with Crippen molar-refractivity contribution < 1.29 is 18.7 Å². The molecule has 0 atom stereocenters. The average molecular weight is 241 g/mol. The largest absolute Gasteiger partial charge is 0.448 e. The van der Waals surface area contributed by atoms with Crippen molar-refractivity contribution in [3.8, 4) is 0 Å². The predicted octanol–water partition coefficient (Wildman–Crippen LogP) is 0.233. The zero-order chi connectivity index (χ0) is 12.8. The van der Waals surface area contributed by atoms with Crippen LogP contribution < -0.4 is 16.8 Å². The number of nitrogens with two attached hydrogens (primary N) is 2. The van der Waals surface area contributed by atoms with Crippen molar-refractivity contribution in [2.75, 3.05) is 18.9 Å². The quantitative estimate of drug-likeness (QED) is 0.518. The maximum atomic E-state index is 13.0. The van der Waals surface area contributed by atoms with Crippen molar-refractivity contribution in [1.82, 2.24) is 5.32 Å². The third-order valence-corrected chi connectivity index (χ3v) is 1.93. The van der Waals surface area contributed by atoms with Gasteiger partial charge in [-0.15, -0.1) is 0 Å². The second-order valence-electron chi connectivity index (χ2n) is 3.12. The summed E-state index contributed by atoms with van der Waals surface area (Å²) in [7, 11) is 0. The molecule has 0 aliphatic heterocycles. The number of anilines is 1. The molecule has 0 fully saturated rings. The molecule has 0 heterocycles. The van der Waals surface area contributed by atoms with Crippen LogP contribution in [-0.4, -0.2) is 25.2 Å². The molecule has 1 rings (SSSR count). The van der Waals surface area contributed by atoms with E-state index in [0.29, 0.717) is 0 Å². The first-order chi connectivity index (χ1) is 8.02. The van der Waals surface area contributed by atoms with Gasteiger partial charge in [-0.05, 0) is 12.1 Å². The van der Waals surface area contributed by atoms with Gasteiger partial charge in [0.25, 0.3) is 5.91 Å². The van der Waals surface area contributed by atoms with Crippen LogP contribution in [0.25, 0.3) is 0 Å². The summed E-state index contributed by atoms with van der Waals surface area (Å²) in [6.45, 7) is 0.00796. The Hall–Kier alpha value is -2.31. The summed E-state index contributed by atoms with van der Waals surface area (Å²) in [6.07, 6.45) is -0.926. The van der Waals surface area contributed by atoms with Crippen LogP contribution in [0.15, 0.2) is 18.2 Å². The Morgan fingerprint density at radius 2 is 2.12 bits per heavy atom. The number of para-hydroxylation sites is 1. The van der Waals surface area contributed by atoms with E-state index in [0.717, 1.165) is 6.07 Å². The number of nitrogens with one attached hydrogen (secondary N) is 1. The number of amides is 2. The highest BCUT2D eigenvalue weighted by atomic mass is 19.1. The van der Waals surface area contributed by atoms with Gasteiger partial charge < -0.3 is 21.5 Å². The molecule has 0 aliphatic rings. The molecule has 0 aromatic heterocycles. The monoisotopic (exact) mass is 241 g/mol. The lowest BCUT2D eigenvalue weighted by Gasteiger charge is -2.07. The summed E-state index contributed by atoms with van der Waals surface area (Å²) in [5.74, 6) is -1.21. The van der Waals surface area contributed by atoms with E-state index in [1.165, 1.54) is 12.1 Å². The highest BCUT2D eigenvalue weighted by Crippen LogP contribution is 2.15. The number of nitrogen functional groups attached to an aromatic ring is 1. The van der Waals surface area contributed by atoms with Gasteiger partial charge in [-0.25, -0.2) is 9.18 Å². The minimum atomic E-state index is -0.926. The Labute approximate surface area is 96.7 Å². The first-order valence-electron chi connectivity index (χ1n) is 4.76. The highest BCUT2D eigenvalue weighted by molar-refractivity contribution is 5.99. The maximum absolute atomic E-state index is 13.0. The molecule has 92 valence electrons. The molecule has 0 unspecified atom stereocenters. The number of primary amides is 1. The number of carbonyl (C=O) groups is 2.